The van der Waals surface area contributed by atoms with Crippen molar-refractivity contribution in [1.29, 1.82) is 0 Å². The van der Waals surface area contributed by atoms with Gasteiger partial charge in [0.15, 0.2) is 11.6 Å². The number of carbonyl (C=O) groups excluding carboxylic acids is 4. The van der Waals surface area contributed by atoms with Crippen LogP contribution in [0.15, 0.2) is 78.9 Å². The first-order valence-corrected chi connectivity index (χ1v) is 16.3. The Hall–Kier alpha value is -4.60. The zero-order chi connectivity index (χ0) is 34.9. The molecule has 1 aliphatic heterocycles. The van der Waals surface area contributed by atoms with Crippen LogP contribution >= 0.6 is 0 Å². The first-order chi connectivity index (χ1) is 22.6. The largest absolute Gasteiger partial charge is 0.457 e. The number of fused-ring (bicyclic) bond motifs is 4. The van der Waals surface area contributed by atoms with Gasteiger partial charge in [-0.3, -0.25) is 14.4 Å². The van der Waals surface area contributed by atoms with Crippen molar-refractivity contribution in [2.75, 3.05) is 0 Å². The second-order valence-electron chi connectivity index (χ2n) is 13.5. The van der Waals surface area contributed by atoms with E-state index in [0.717, 1.165) is 12.5 Å². The third kappa shape index (κ3) is 11.9. The van der Waals surface area contributed by atoms with Crippen LogP contribution < -0.4 is 15.4 Å². The summed E-state index contributed by atoms with van der Waals surface area (Å²) in [7, 11) is 0. The van der Waals surface area contributed by atoms with Gasteiger partial charge >= 0.3 is 6.09 Å². The van der Waals surface area contributed by atoms with E-state index < -0.39 is 65.9 Å². The predicted octanol–water partition coefficient (Wildman–Crippen LogP) is 7.17. The van der Waals surface area contributed by atoms with Crippen LogP contribution in [0, 0.1) is 5.92 Å². The molecule has 256 valence electrons. The average Bonchev–Trinajstić information content (AvgIpc) is 3.00. The SMILES string of the molecule is CC(F)(F)CCC(=O)[C@@H]1Cc2cccc(c2)Oc2cccc(c2)C[C@H](NC(=O)OC(C)(C)C)C(=O)C[C@@H](CCc2ccccc2)C(=O)N1. The van der Waals surface area contributed by atoms with Crippen LogP contribution in [-0.2, 0) is 38.4 Å². The number of halogens is 2. The van der Waals surface area contributed by atoms with Gasteiger partial charge in [-0.05, 0) is 87.9 Å². The molecule has 0 spiro atoms. The van der Waals surface area contributed by atoms with E-state index in [2.05, 4.69) is 10.6 Å². The van der Waals surface area contributed by atoms with Gasteiger partial charge < -0.3 is 20.1 Å². The van der Waals surface area contributed by atoms with Crippen molar-refractivity contribution in [2.24, 2.45) is 5.92 Å². The first-order valence-electron chi connectivity index (χ1n) is 16.3. The van der Waals surface area contributed by atoms with E-state index in [9.17, 15) is 28.0 Å². The minimum Gasteiger partial charge on any atom is -0.457 e. The fourth-order valence-corrected chi connectivity index (χ4v) is 5.52. The summed E-state index contributed by atoms with van der Waals surface area (Å²) >= 11 is 0. The Labute approximate surface area is 280 Å². The number of Topliss-reactive ketones (excluding diaryl/α,β-unsaturated/α-hetero) is 2. The minimum atomic E-state index is -3.05. The van der Waals surface area contributed by atoms with Crippen LogP contribution in [0.5, 0.6) is 11.5 Å². The molecule has 8 nitrogen and oxygen atoms in total. The summed E-state index contributed by atoms with van der Waals surface area (Å²) in [6.45, 7) is 5.90. The summed E-state index contributed by atoms with van der Waals surface area (Å²) in [5.74, 6) is -4.45. The van der Waals surface area contributed by atoms with Gasteiger partial charge in [0.2, 0.25) is 11.8 Å². The summed E-state index contributed by atoms with van der Waals surface area (Å²) in [4.78, 5) is 54.2. The number of hydrogen-bond donors (Lipinski definition) is 2. The van der Waals surface area contributed by atoms with Gasteiger partial charge in [0.25, 0.3) is 0 Å². The summed E-state index contributed by atoms with van der Waals surface area (Å²) in [5, 5.41) is 5.51. The number of amides is 2. The van der Waals surface area contributed by atoms with E-state index in [4.69, 9.17) is 9.47 Å². The van der Waals surface area contributed by atoms with Crippen LogP contribution in [0.3, 0.4) is 0 Å². The van der Waals surface area contributed by atoms with Gasteiger partial charge in [-0.1, -0.05) is 54.6 Å². The second kappa shape index (κ2) is 16.0. The van der Waals surface area contributed by atoms with E-state index in [1.165, 1.54) is 0 Å². The molecular weight excluding hydrogens is 618 g/mol. The van der Waals surface area contributed by atoms with Crippen molar-refractivity contribution >= 4 is 23.6 Å². The monoisotopic (exact) mass is 662 g/mol. The van der Waals surface area contributed by atoms with Gasteiger partial charge in [-0.25, -0.2) is 13.6 Å². The van der Waals surface area contributed by atoms with Gasteiger partial charge in [0.1, 0.15) is 17.1 Å². The third-order valence-corrected chi connectivity index (χ3v) is 7.95. The van der Waals surface area contributed by atoms with Crippen molar-refractivity contribution in [3.63, 3.8) is 0 Å². The maximum Gasteiger partial charge on any atom is 0.408 e. The molecule has 3 atom stereocenters. The standard InChI is InChI=1S/C38H44F2N2O6/c1-37(2,3)48-36(46)42-32-23-27-13-9-15-30(21-27)47-29-14-8-12-26(20-29)22-31(33(43)18-19-38(4,39)40)41-35(45)28(24-34(32)44)17-16-25-10-6-5-7-11-25/h5-15,20-21,28,31-32H,16-19,22-24H2,1-4H3,(H,41,45)(H,42,46)/t28-,31+,32+/m1/s1. The van der Waals surface area contributed by atoms with Crippen molar-refractivity contribution in [3.8, 4) is 11.5 Å². The van der Waals surface area contributed by atoms with Gasteiger partial charge in [-0.15, -0.1) is 0 Å². The molecule has 3 aromatic rings. The Morgan fingerprint density at radius 3 is 2.10 bits per heavy atom. The molecule has 0 aliphatic carbocycles. The van der Waals surface area contributed by atoms with E-state index >= 15 is 0 Å². The van der Waals surface area contributed by atoms with E-state index in [1.54, 1.807) is 63.2 Å². The molecule has 4 rings (SSSR count). The average molecular weight is 663 g/mol. The molecule has 1 heterocycles. The zero-order valence-electron chi connectivity index (χ0n) is 27.9. The third-order valence-electron chi connectivity index (χ3n) is 7.95. The van der Waals surface area contributed by atoms with E-state index in [1.807, 2.05) is 36.4 Å². The molecule has 48 heavy (non-hydrogen) atoms. The molecule has 0 aromatic heterocycles. The topological polar surface area (TPSA) is 111 Å². The zero-order valence-corrected chi connectivity index (χ0v) is 27.9. The lowest BCUT2D eigenvalue weighted by atomic mass is 9.89. The Bertz CT molecular complexity index is 1580. The van der Waals surface area contributed by atoms with Crippen molar-refractivity contribution in [1.82, 2.24) is 10.6 Å². The van der Waals surface area contributed by atoms with Gasteiger partial charge in [0, 0.05) is 31.6 Å². The molecule has 1 aliphatic rings. The highest BCUT2D eigenvalue weighted by molar-refractivity contribution is 5.94. The molecule has 0 radical (unpaired) electrons. The molecule has 10 heteroatoms. The molecule has 0 fully saturated rings. The minimum absolute atomic E-state index is 0.0409. The van der Waals surface area contributed by atoms with Crippen LogP contribution in [0.1, 0.15) is 70.1 Å². The normalized spacial score (nSPS) is 19.1. The first kappa shape index (κ1) is 36.2. The number of carbonyl (C=O) groups is 4. The highest BCUT2D eigenvalue weighted by Crippen LogP contribution is 2.26. The number of ether oxygens (including phenoxy) is 2. The quantitative estimate of drug-likeness (QED) is 0.265. The van der Waals surface area contributed by atoms with Gasteiger partial charge in [-0.2, -0.15) is 0 Å². The molecular formula is C38H44F2N2O6. The number of aryl methyl sites for hydroxylation is 1. The van der Waals surface area contributed by atoms with Crippen LogP contribution in [-0.4, -0.2) is 47.2 Å². The van der Waals surface area contributed by atoms with Crippen molar-refractivity contribution in [3.05, 3.63) is 95.6 Å². The highest BCUT2D eigenvalue weighted by Gasteiger charge is 2.32. The Balaban J connectivity index is 1.72. The van der Waals surface area contributed by atoms with Crippen LogP contribution in [0.4, 0.5) is 13.6 Å². The fraction of sp³-hybridized carbons (Fsp3) is 0.421. The Morgan fingerprint density at radius 2 is 1.50 bits per heavy atom. The Kier molecular flexibility index (Phi) is 12.1. The summed E-state index contributed by atoms with van der Waals surface area (Å²) in [6.07, 6.45) is -1.22. The number of benzene rings is 3. The molecule has 3 aromatic carbocycles. The smallest absolute Gasteiger partial charge is 0.408 e. The molecule has 0 unspecified atom stereocenters. The summed E-state index contributed by atoms with van der Waals surface area (Å²) in [6, 6.07) is 21.5. The Morgan fingerprint density at radius 1 is 0.875 bits per heavy atom. The lowest BCUT2D eigenvalue weighted by molar-refractivity contribution is -0.133. The van der Waals surface area contributed by atoms with Crippen LogP contribution in [0.25, 0.3) is 0 Å². The van der Waals surface area contributed by atoms with Crippen molar-refractivity contribution < 1.29 is 37.4 Å². The molecule has 2 amide bonds. The maximum absolute atomic E-state index is 14.0. The van der Waals surface area contributed by atoms with E-state index in [0.29, 0.717) is 29.0 Å². The number of alkyl carbamates (subject to hydrolysis) is 1. The lowest BCUT2D eigenvalue weighted by Crippen LogP contribution is -2.48. The second-order valence-corrected chi connectivity index (χ2v) is 13.5. The molecule has 4 bridgehead atoms. The molecule has 0 saturated heterocycles. The number of ketones is 2. The maximum atomic E-state index is 14.0. The fourth-order valence-electron chi connectivity index (χ4n) is 5.52. The number of nitrogens with one attached hydrogen (secondary N) is 2. The number of rotatable bonds is 8. The van der Waals surface area contributed by atoms with Crippen molar-refractivity contribution in [2.45, 2.75) is 96.2 Å². The lowest BCUT2D eigenvalue weighted by Gasteiger charge is -2.26. The van der Waals surface area contributed by atoms with Gasteiger partial charge in [0.05, 0.1) is 12.1 Å². The predicted molar refractivity (Wildman–Crippen MR) is 178 cm³/mol. The van der Waals surface area contributed by atoms with E-state index in [-0.39, 0.29) is 25.7 Å². The summed E-state index contributed by atoms with van der Waals surface area (Å²) < 4.78 is 39.1. The highest BCUT2D eigenvalue weighted by atomic mass is 19.3. The summed E-state index contributed by atoms with van der Waals surface area (Å²) in [5.41, 5.74) is 1.53. The number of alkyl halides is 2. The van der Waals surface area contributed by atoms with Crippen LogP contribution in [0.2, 0.25) is 0 Å². The molecule has 0 saturated carbocycles. The number of hydrogen-bond acceptors (Lipinski definition) is 6. The molecule has 2 N–H and O–H groups in total.